The monoisotopic (exact) mass is 866 g/mol. The summed E-state index contributed by atoms with van der Waals surface area (Å²) in [5.41, 5.74) is -1.27. The van der Waals surface area contributed by atoms with Crippen LogP contribution in [0.15, 0.2) is 48.6 Å². The molecular weight excluding hydrogens is 827 g/mol. The lowest BCUT2D eigenvalue weighted by molar-refractivity contribution is -0.461. The van der Waals surface area contributed by atoms with E-state index in [1.54, 1.807) is 13.0 Å². The molecule has 0 saturated carbocycles. The summed E-state index contributed by atoms with van der Waals surface area (Å²) in [6.07, 6.45) is -5.59. The van der Waals surface area contributed by atoms with Gasteiger partial charge in [0, 0.05) is 12.5 Å². The van der Waals surface area contributed by atoms with E-state index in [0.29, 0.717) is 5.56 Å². The lowest BCUT2D eigenvalue weighted by Gasteiger charge is -2.44. The number of hydrogen-bond acceptors (Lipinski definition) is 5. The highest BCUT2D eigenvalue weighted by atomic mass is 28.4. The lowest BCUT2D eigenvalue weighted by Crippen LogP contribution is -2.74. The molecule has 0 aromatic heterocycles. The molecule has 1 N–H and O–H groups in total. The Morgan fingerprint density at radius 3 is 1.61 bits per heavy atom. The molecule has 1 aromatic carbocycles. The number of alkyl halides is 17. The Hall–Kier alpha value is -3.08. The molecule has 0 unspecified atom stereocenters. The van der Waals surface area contributed by atoms with Gasteiger partial charge in [-0.15, -0.1) is 0 Å². The molecule has 0 spiro atoms. The fourth-order valence-electron chi connectivity index (χ4n) is 5.28. The van der Waals surface area contributed by atoms with Crippen LogP contribution in [0, 0.1) is 0 Å². The predicted octanol–water partition coefficient (Wildman–Crippen LogP) is 11.3. The zero-order valence-corrected chi connectivity index (χ0v) is 31.1. The van der Waals surface area contributed by atoms with Crippen molar-refractivity contribution in [1.82, 2.24) is 0 Å². The van der Waals surface area contributed by atoms with E-state index in [1.165, 1.54) is 70.2 Å². The second kappa shape index (κ2) is 18.2. The van der Waals surface area contributed by atoms with Gasteiger partial charge in [0.1, 0.15) is 12.4 Å². The van der Waals surface area contributed by atoms with Crippen molar-refractivity contribution in [2.75, 3.05) is 19.8 Å². The van der Waals surface area contributed by atoms with Gasteiger partial charge in [0.15, 0.2) is 8.32 Å². The van der Waals surface area contributed by atoms with Crippen LogP contribution in [-0.2, 0) is 14.0 Å². The number of esters is 1. The van der Waals surface area contributed by atoms with E-state index in [9.17, 15) is 84.5 Å². The quantitative estimate of drug-likeness (QED) is 0.0314. The fourth-order valence-corrected chi connectivity index (χ4v) is 9.75. The number of aliphatic hydroxyl groups excluding tert-OH is 1. The lowest BCUT2D eigenvalue weighted by atomic mass is 9.88. The van der Waals surface area contributed by atoms with Crippen molar-refractivity contribution >= 4 is 14.3 Å². The topological polar surface area (TPSA) is 65.0 Å². The normalized spacial score (nSPS) is 15.4. The van der Waals surface area contributed by atoms with Crippen LogP contribution in [0.3, 0.4) is 0 Å². The number of benzene rings is 1. The molecule has 0 aliphatic rings. The summed E-state index contributed by atoms with van der Waals surface area (Å²) < 4.78 is 250. The SMILES string of the molecule is CCOC(=O)/C=C/C=C/C[C@H](O)c1ccc(OCCO[Si](CCC(F)(F)C(F)(F)C(F)(F)C(F)(F)C(F)(F)C(F)(F)C(F)(F)C(F)(F)F)(C(C)C)C(C)C)cc1. The maximum Gasteiger partial charge on any atom is 0.460 e. The van der Waals surface area contributed by atoms with Crippen molar-refractivity contribution < 1.29 is 98.4 Å². The van der Waals surface area contributed by atoms with Gasteiger partial charge in [-0.2, -0.15) is 74.6 Å². The highest BCUT2D eigenvalue weighted by molar-refractivity contribution is 6.76. The molecule has 0 bridgehead atoms. The Morgan fingerprint density at radius 1 is 0.696 bits per heavy atom. The zero-order chi connectivity index (χ0) is 44.0. The second-order valence-corrected chi connectivity index (χ2v) is 18.0. The van der Waals surface area contributed by atoms with Gasteiger partial charge in [-0.3, -0.25) is 0 Å². The van der Waals surface area contributed by atoms with E-state index in [4.69, 9.17) is 13.9 Å². The molecule has 56 heavy (non-hydrogen) atoms. The molecule has 0 aliphatic carbocycles. The molecule has 324 valence electrons. The first kappa shape index (κ1) is 50.9. The summed E-state index contributed by atoms with van der Waals surface area (Å²) in [4.78, 5) is 11.3. The number of ether oxygens (including phenoxy) is 2. The molecule has 0 fully saturated rings. The first-order valence-corrected chi connectivity index (χ1v) is 18.7. The summed E-state index contributed by atoms with van der Waals surface area (Å²) in [6, 6.07) is 4.43. The Labute approximate surface area is 311 Å². The summed E-state index contributed by atoms with van der Waals surface area (Å²) in [5.74, 6) is -57.1. The van der Waals surface area contributed by atoms with Gasteiger partial charge in [0.25, 0.3) is 0 Å². The maximum absolute atomic E-state index is 14.8. The maximum atomic E-state index is 14.8. The summed E-state index contributed by atoms with van der Waals surface area (Å²) in [5, 5.41) is 10.3. The molecule has 1 rings (SSSR count). The van der Waals surface area contributed by atoms with Crippen LogP contribution in [0.4, 0.5) is 74.6 Å². The van der Waals surface area contributed by atoms with Crippen molar-refractivity contribution in [2.24, 2.45) is 0 Å². The second-order valence-electron chi connectivity index (χ2n) is 13.0. The Kier molecular flexibility index (Phi) is 16.6. The van der Waals surface area contributed by atoms with Crippen molar-refractivity contribution in [3.8, 4) is 5.75 Å². The van der Waals surface area contributed by atoms with Gasteiger partial charge in [0.05, 0.1) is 19.3 Å². The Balaban J connectivity index is 3.14. The summed E-state index contributed by atoms with van der Waals surface area (Å²) in [7, 11) is -3.94. The van der Waals surface area contributed by atoms with Crippen LogP contribution in [0.25, 0.3) is 0 Å². The minimum atomic E-state index is -8.68. The number of carbonyl (C=O) groups is 1. The Morgan fingerprint density at radius 2 is 1.16 bits per heavy atom. The average molecular weight is 867 g/mol. The van der Waals surface area contributed by atoms with E-state index in [1.807, 2.05) is 0 Å². The molecule has 0 saturated heterocycles. The van der Waals surface area contributed by atoms with Crippen LogP contribution >= 0.6 is 0 Å². The Bertz CT molecular complexity index is 1470. The van der Waals surface area contributed by atoms with Gasteiger partial charge in [-0.05, 0) is 48.2 Å². The van der Waals surface area contributed by atoms with Gasteiger partial charge in [-0.25, -0.2) is 4.79 Å². The van der Waals surface area contributed by atoms with Crippen molar-refractivity contribution in [3.63, 3.8) is 0 Å². The van der Waals surface area contributed by atoms with Crippen LogP contribution < -0.4 is 4.74 Å². The van der Waals surface area contributed by atoms with Gasteiger partial charge in [0.2, 0.25) is 0 Å². The predicted molar refractivity (Wildman–Crippen MR) is 168 cm³/mol. The standard InChI is InChI=1S/C33H39F17O5Si/c1-6-53-25(52)11-9-7-8-10-24(51)22-12-14-23(15-13-22)54-17-18-55-56(20(2)3,21(4)5)19-16-26(34,35)27(36,37)28(38,39)29(40,41)30(42,43)31(44,45)32(46,47)33(48,49)50/h7-9,11-15,20-21,24,51H,6,10,16-19H2,1-5H3/b8-7+,11-9+/t24-/m0/s1. The largest absolute Gasteiger partial charge is 0.491 e. The molecule has 5 nitrogen and oxygen atoms in total. The highest BCUT2D eigenvalue weighted by Gasteiger charge is 2.95. The third-order valence-electron chi connectivity index (χ3n) is 8.68. The minimum absolute atomic E-state index is 0.132. The fraction of sp³-hybridized carbons (Fsp3) is 0.667. The minimum Gasteiger partial charge on any atom is -0.491 e. The zero-order valence-electron chi connectivity index (χ0n) is 30.1. The third-order valence-corrected chi connectivity index (χ3v) is 14.4. The van der Waals surface area contributed by atoms with E-state index in [0.717, 1.165) is 0 Å². The molecule has 1 aromatic rings. The van der Waals surface area contributed by atoms with Crippen molar-refractivity contribution in [2.45, 2.75) is 118 Å². The molecular formula is C33H39F17O5Si. The van der Waals surface area contributed by atoms with Crippen LogP contribution in [-0.4, -0.2) is 86.8 Å². The number of allylic oxidation sites excluding steroid dienone is 2. The van der Waals surface area contributed by atoms with Crippen LogP contribution in [0.5, 0.6) is 5.75 Å². The molecule has 0 radical (unpaired) electrons. The van der Waals surface area contributed by atoms with E-state index >= 15 is 0 Å². The molecule has 0 heterocycles. The third kappa shape index (κ3) is 10.1. The van der Waals surface area contributed by atoms with E-state index in [2.05, 4.69) is 0 Å². The van der Waals surface area contributed by atoms with Gasteiger partial charge in [-0.1, -0.05) is 58.1 Å². The smallest absolute Gasteiger partial charge is 0.460 e. The van der Waals surface area contributed by atoms with Crippen molar-refractivity contribution in [1.29, 1.82) is 0 Å². The summed E-state index contributed by atoms with van der Waals surface area (Å²) >= 11 is 0. The van der Waals surface area contributed by atoms with Gasteiger partial charge < -0.3 is 19.0 Å². The number of hydrogen-bond donors (Lipinski definition) is 1. The average Bonchev–Trinajstić information content (AvgIpc) is 3.06. The van der Waals surface area contributed by atoms with Crippen molar-refractivity contribution in [3.05, 3.63) is 54.1 Å². The number of halogens is 17. The molecule has 1 atom stereocenters. The molecule has 0 aliphatic heterocycles. The number of aliphatic hydroxyl groups is 1. The molecule has 23 heteroatoms. The van der Waals surface area contributed by atoms with Crippen LogP contribution in [0.1, 0.15) is 59.1 Å². The first-order chi connectivity index (χ1) is 25.2. The van der Waals surface area contributed by atoms with Crippen LogP contribution in [0.2, 0.25) is 17.1 Å². The van der Waals surface area contributed by atoms with E-state index < -0.39 is 98.2 Å². The molecule has 0 amide bonds. The summed E-state index contributed by atoms with van der Waals surface area (Å²) in [6.45, 7) is 6.27. The first-order valence-electron chi connectivity index (χ1n) is 16.4. The highest BCUT2D eigenvalue weighted by Crippen LogP contribution is 2.64. The van der Waals surface area contributed by atoms with E-state index in [-0.39, 0.29) is 25.4 Å². The number of carbonyl (C=O) groups excluding carboxylic acids is 1. The van der Waals surface area contributed by atoms with Gasteiger partial charge >= 0.3 is 53.6 Å². The number of rotatable bonds is 22.